The van der Waals surface area contributed by atoms with Gasteiger partial charge in [0, 0.05) is 54.9 Å². The van der Waals surface area contributed by atoms with Crippen LogP contribution in [0.15, 0.2) is 243 Å². The quantitative estimate of drug-likeness (QED) is 0.160. The molecule has 0 saturated carbocycles. The molecule has 5 aromatic heterocycles. The van der Waals surface area contributed by atoms with Crippen molar-refractivity contribution >= 4 is 97.1 Å². The molecule has 71 heavy (non-hydrogen) atoms. The van der Waals surface area contributed by atoms with Crippen LogP contribution in [0, 0.1) is 0 Å². The zero-order valence-corrected chi connectivity index (χ0v) is 39.0. The lowest BCUT2D eigenvalue weighted by molar-refractivity contribution is 0.495. The van der Waals surface area contributed by atoms with E-state index < -0.39 is 0 Å². The van der Waals surface area contributed by atoms with Crippen LogP contribution in [0.25, 0.3) is 125 Å². The molecule has 6 heteroatoms. The summed E-state index contributed by atoms with van der Waals surface area (Å²) in [6, 6.07) is 85.2. The third-order valence-electron chi connectivity index (χ3n) is 14.3. The number of thiophene rings is 1. The molecule has 0 amide bonds. The highest BCUT2D eigenvalue weighted by molar-refractivity contribution is 7.25. The summed E-state index contributed by atoms with van der Waals surface area (Å²) in [6.07, 6.45) is 1.88. The van der Waals surface area contributed by atoms with Gasteiger partial charge in [0.25, 0.3) is 0 Å². The smallest absolute Gasteiger partial charge is 0.137 e. The minimum atomic E-state index is 0.811. The summed E-state index contributed by atoms with van der Waals surface area (Å²) in [5, 5.41) is 8.08. The van der Waals surface area contributed by atoms with Crippen molar-refractivity contribution in [3.05, 3.63) is 243 Å². The number of hydrogen-bond acceptors (Lipinski definition) is 3. The SMILES string of the molecule is c1ccc(-n2c3ccccc3c3cc(-c4cccc(-n5c6ccccc6c6c(Oc7cccc8c7c7ccccc7n8-c7cccc(-c8ccc9sc%10cccnc%10c9c8)c7)cccc65)c4)ccc32)cc1. The van der Waals surface area contributed by atoms with E-state index in [1.165, 1.54) is 47.7 Å². The van der Waals surface area contributed by atoms with Crippen LogP contribution < -0.4 is 4.74 Å². The molecule has 0 aliphatic rings. The van der Waals surface area contributed by atoms with Gasteiger partial charge in [0.05, 0.1) is 54.1 Å². The minimum Gasteiger partial charge on any atom is -0.456 e. The Kier molecular flexibility index (Phi) is 8.76. The lowest BCUT2D eigenvalue weighted by Gasteiger charge is -2.13. The second kappa shape index (κ2) is 15.7. The van der Waals surface area contributed by atoms with Crippen molar-refractivity contribution in [3.8, 4) is 50.8 Å². The number of aromatic nitrogens is 4. The van der Waals surface area contributed by atoms with E-state index >= 15 is 0 Å². The standard InChI is InChI=1S/C65H40N4OS/c1-2-17-45(18-3-1)67-53-24-7-4-21-48(53)51-39-43(32-34-56(51)67)41-15-10-19-46(37-41)68-54-25-8-5-22-49(54)63-57(68)27-12-29-59(63)70-60-30-13-28-58-64(60)50-23-6-9-26-55(50)69(58)47-20-11-16-42(38-47)44-33-35-61-52(40-44)65-62(71-61)31-14-36-66-65/h1-40H. The first-order valence-electron chi connectivity index (χ1n) is 24.0. The molecule has 0 saturated heterocycles. The van der Waals surface area contributed by atoms with E-state index in [2.05, 4.69) is 244 Å². The fourth-order valence-corrected chi connectivity index (χ4v) is 12.3. The van der Waals surface area contributed by atoms with Crippen LogP contribution in [0.1, 0.15) is 0 Å². The molecule has 0 radical (unpaired) electrons. The van der Waals surface area contributed by atoms with Gasteiger partial charge in [-0.05, 0) is 138 Å². The van der Waals surface area contributed by atoms with Crippen molar-refractivity contribution < 1.29 is 4.74 Å². The number of pyridine rings is 1. The van der Waals surface area contributed by atoms with Crippen molar-refractivity contribution in [3.63, 3.8) is 0 Å². The summed E-state index contributed by atoms with van der Waals surface area (Å²) in [7, 11) is 0. The molecule has 0 bridgehead atoms. The highest BCUT2D eigenvalue weighted by Gasteiger charge is 2.21. The summed E-state index contributed by atoms with van der Waals surface area (Å²) in [5.74, 6) is 1.62. The zero-order valence-electron chi connectivity index (χ0n) is 38.2. The Morgan fingerprint density at radius 1 is 0.310 bits per heavy atom. The van der Waals surface area contributed by atoms with E-state index in [0.717, 1.165) is 88.8 Å². The summed E-state index contributed by atoms with van der Waals surface area (Å²) in [4.78, 5) is 4.74. The second-order valence-corrected chi connectivity index (χ2v) is 19.4. The average Bonchev–Trinajstić information content (AvgIpc) is 4.18. The number of hydrogen-bond donors (Lipinski definition) is 0. The summed E-state index contributed by atoms with van der Waals surface area (Å²) in [6.45, 7) is 0. The maximum absolute atomic E-state index is 7.25. The van der Waals surface area contributed by atoms with Gasteiger partial charge in [-0.2, -0.15) is 0 Å². The van der Waals surface area contributed by atoms with E-state index in [1.807, 2.05) is 12.3 Å². The number of benzene rings is 10. The molecule has 0 unspecified atom stereocenters. The van der Waals surface area contributed by atoms with Crippen LogP contribution in [-0.2, 0) is 0 Å². The van der Waals surface area contributed by atoms with Gasteiger partial charge in [-0.25, -0.2) is 0 Å². The molecule has 0 fully saturated rings. The number of ether oxygens (including phenoxy) is 1. The fourth-order valence-electron chi connectivity index (χ4n) is 11.3. The van der Waals surface area contributed by atoms with Crippen LogP contribution in [0.4, 0.5) is 0 Å². The van der Waals surface area contributed by atoms with Gasteiger partial charge in [0.15, 0.2) is 0 Å². The van der Waals surface area contributed by atoms with Crippen LogP contribution in [0.3, 0.4) is 0 Å². The zero-order chi connectivity index (χ0) is 46.6. The first-order valence-corrected chi connectivity index (χ1v) is 24.8. The molecule has 15 aromatic rings. The Bertz CT molecular complexity index is 4630. The van der Waals surface area contributed by atoms with Gasteiger partial charge in [-0.15, -0.1) is 11.3 Å². The molecule has 15 rings (SSSR count). The summed E-state index contributed by atoms with van der Waals surface area (Å²) < 4.78 is 16.8. The maximum Gasteiger partial charge on any atom is 0.137 e. The molecule has 0 aliphatic carbocycles. The number of rotatable bonds is 7. The van der Waals surface area contributed by atoms with Gasteiger partial charge in [-0.1, -0.05) is 121 Å². The molecule has 0 atom stereocenters. The molecule has 0 aliphatic heterocycles. The van der Waals surface area contributed by atoms with E-state index in [9.17, 15) is 0 Å². The van der Waals surface area contributed by atoms with E-state index in [1.54, 1.807) is 11.3 Å². The van der Waals surface area contributed by atoms with Gasteiger partial charge in [-0.3, -0.25) is 4.98 Å². The normalized spacial score (nSPS) is 11.9. The number of nitrogens with zero attached hydrogens (tertiary/aromatic N) is 4. The summed E-state index contributed by atoms with van der Waals surface area (Å²) >= 11 is 1.79. The molecule has 332 valence electrons. The van der Waals surface area contributed by atoms with Crippen LogP contribution in [0.5, 0.6) is 11.5 Å². The third kappa shape index (κ3) is 6.15. The van der Waals surface area contributed by atoms with E-state index in [4.69, 9.17) is 9.72 Å². The molecule has 10 aromatic carbocycles. The lowest BCUT2D eigenvalue weighted by Crippen LogP contribution is -1.95. The van der Waals surface area contributed by atoms with Gasteiger partial charge >= 0.3 is 0 Å². The van der Waals surface area contributed by atoms with E-state index in [-0.39, 0.29) is 0 Å². The highest BCUT2D eigenvalue weighted by Crippen LogP contribution is 2.45. The van der Waals surface area contributed by atoms with Gasteiger partial charge < -0.3 is 18.4 Å². The van der Waals surface area contributed by atoms with Crippen LogP contribution in [0.2, 0.25) is 0 Å². The first kappa shape index (κ1) is 39.7. The number of para-hydroxylation sites is 4. The van der Waals surface area contributed by atoms with Crippen LogP contribution in [-0.4, -0.2) is 18.7 Å². The largest absolute Gasteiger partial charge is 0.456 e. The Morgan fingerprint density at radius 2 is 0.789 bits per heavy atom. The molecule has 5 nitrogen and oxygen atoms in total. The fraction of sp³-hybridized carbons (Fsp3) is 0. The van der Waals surface area contributed by atoms with Crippen molar-refractivity contribution in [1.29, 1.82) is 0 Å². The topological polar surface area (TPSA) is 36.9 Å². The molecule has 0 spiro atoms. The second-order valence-electron chi connectivity index (χ2n) is 18.3. The monoisotopic (exact) mass is 924 g/mol. The molecule has 5 heterocycles. The summed E-state index contributed by atoms with van der Waals surface area (Å²) in [5.41, 5.74) is 15.8. The van der Waals surface area contributed by atoms with Crippen molar-refractivity contribution in [2.75, 3.05) is 0 Å². The highest BCUT2D eigenvalue weighted by atomic mass is 32.1. The predicted molar refractivity (Wildman–Crippen MR) is 298 cm³/mol. The van der Waals surface area contributed by atoms with Crippen molar-refractivity contribution in [2.45, 2.75) is 0 Å². The third-order valence-corrected chi connectivity index (χ3v) is 15.5. The Balaban J connectivity index is 0.838. The minimum absolute atomic E-state index is 0.811. The van der Waals surface area contributed by atoms with Gasteiger partial charge in [0.2, 0.25) is 0 Å². The van der Waals surface area contributed by atoms with Gasteiger partial charge in [0.1, 0.15) is 11.5 Å². The Morgan fingerprint density at radius 3 is 1.44 bits per heavy atom. The number of fused-ring (bicyclic) bond motifs is 12. The maximum atomic E-state index is 7.25. The Hall–Kier alpha value is -9.23. The van der Waals surface area contributed by atoms with Crippen molar-refractivity contribution in [1.82, 2.24) is 18.7 Å². The lowest BCUT2D eigenvalue weighted by atomic mass is 10.0. The predicted octanol–water partition coefficient (Wildman–Crippen LogP) is 17.9. The first-order chi connectivity index (χ1) is 35.2. The molecule has 0 N–H and O–H groups in total. The average molecular weight is 925 g/mol. The molecular weight excluding hydrogens is 885 g/mol. The Labute approximate surface area is 411 Å². The van der Waals surface area contributed by atoms with E-state index in [0.29, 0.717) is 0 Å². The molecular formula is C65H40N4OS. The van der Waals surface area contributed by atoms with Crippen LogP contribution >= 0.6 is 11.3 Å². The van der Waals surface area contributed by atoms with Crippen molar-refractivity contribution in [2.24, 2.45) is 0 Å².